The summed E-state index contributed by atoms with van der Waals surface area (Å²) < 4.78 is 1.79. The molecule has 0 bridgehead atoms. The Labute approximate surface area is 126 Å². The third kappa shape index (κ3) is 2.79. The summed E-state index contributed by atoms with van der Waals surface area (Å²) >= 11 is 0. The van der Waals surface area contributed by atoms with Crippen molar-refractivity contribution in [2.45, 2.75) is 47.2 Å². The van der Waals surface area contributed by atoms with E-state index in [-0.39, 0.29) is 11.6 Å². The van der Waals surface area contributed by atoms with Gasteiger partial charge in [0.1, 0.15) is 0 Å². The summed E-state index contributed by atoms with van der Waals surface area (Å²) in [6.07, 6.45) is 0. The summed E-state index contributed by atoms with van der Waals surface area (Å²) in [6.45, 7) is 10.7. The zero-order valence-electron chi connectivity index (χ0n) is 13.5. The first-order chi connectivity index (χ1) is 9.86. The number of nitrogens with two attached hydrogens (primary N) is 1. The first kappa shape index (κ1) is 15.5. The Balaban J connectivity index is 2.66. The molecule has 0 spiro atoms. The van der Waals surface area contributed by atoms with Gasteiger partial charge >= 0.3 is 0 Å². The van der Waals surface area contributed by atoms with Gasteiger partial charge in [0.2, 0.25) is 0 Å². The third-order valence-corrected chi connectivity index (χ3v) is 4.15. The lowest BCUT2D eigenvalue weighted by atomic mass is 9.92. The molecule has 21 heavy (non-hydrogen) atoms. The SMILES string of the molecule is CCn1c(C)cc(C)c(C(N)c2cc(C)ccc2C)c1=O. The standard InChI is InChI=1S/C18H24N2O/c1-6-20-14(5)10-13(4)16(18(20)21)17(19)15-9-11(2)7-8-12(15)3/h7-10,17H,6,19H2,1-5H3. The van der Waals surface area contributed by atoms with Crippen molar-refractivity contribution in [3.63, 3.8) is 0 Å². The highest BCUT2D eigenvalue weighted by Crippen LogP contribution is 2.24. The largest absolute Gasteiger partial charge is 0.320 e. The Bertz CT molecular complexity index is 729. The molecule has 2 N–H and O–H groups in total. The number of aryl methyl sites for hydroxylation is 4. The molecular weight excluding hydrogens is 260 g/mol. The molecule has 0 aliphatic heterocycles. The molecule has 2 rings (SSSR count). The minimum Gasteiger partial charge on any atom is -0.320 e. The Morgan fingerprint density at radius 1 is 1.10 bits per heavy atom. The van der Waals surface area contributed by atoms with Crippen LogP contribution in [-0.2, 0) is 6.54 Å². The minimum atomic E-state index is -0.379. The van der Waals surface area contributed by atoms with E-state index in [2.05, 4.69) is 18.2 Å². The Kier molecular flexibility index (Phi) is 4.33. The average molecular weight is 284 g/mol. The lowest BCUT2D eigenvalue weighted by Crippen LogP contribution is -2.31. The van der Waals surface area contributed by atoms with Crippen molar-refractivity contribution in [2.24, 2.45) is 5.73 Å². The maximum absolute atomic E-state index is 12.7. The van der Waals surface area contributed by atoms with Crippen molar-refractivity contribution in [3.05, 3.63) is 68.1 Å². The Morgan fingerprint density at radius 2 is 1.76 bits per heavy atom. The van der Waals surface area contributed by atoms with Crippen LogP contribution in [0.5, 0.6) is 0 Å². The Hall–Kier alpha value is -1.87. The number of hydrogen-bond donors (Lipinski definition) is 1. The maximum Gasteiger partial charge on any atom is 0.256 e. The monoisotopic (exact) mass is 284 g/mol. The fourth-order valence-electron chi connectivity index (χ4n) is 2.97. The van der Waals surface area contributed by atoms with E-state index < -0.39 is 0 Å². The van der Waals surface area contributed by atoms with Crippen molar-refractivity contribution < 1.29 is 0 Å². The molecule has 0 aliphatic carbocycles. The number of aromatic nitrogens is 1. The normalized spacial score (nSPS) is 12.5. The summed E-state index contributed by atoms with van der Waals surface area (Å²) in [5, 5.41) is 0. The molecule has 1 aromatic carbocycles. The van der Waals surface area contributed by atoms with E-state index in [0.29, 0.717) is 12.1 Å². The van der Waals surface area contributed by atoms with Crippen molar-refractivity contribution in [3.8, 4) is 0 Å². The van der Waals surface area contributed by atoms with Crippen molar-refractivity contribution in [1.82, 2.24) is 4.57 Å². The van der Waals surface area contributed by atoms with E-state index in [4.69, 9.17) is 5.73 Å². The zero-order chi connectivity index (χ0) is 15.7. The predicted octanol–water partition coefficient (Wildman–Crippen LogP) is 3.15. The molecule has 1 aromatic heterocycles. The predicted molar refractivity (Wildman–Crippen MR) is 87.8 cm³/mol. The van der Waals surface area contributed by atoms with Gasteiger partial charge < -0.3 is 10.3 Å². The smallest absolute Gasteiger partial charge is 0.256 e. The lowest BCUT2D eigenvalue weighted by Gasteiger charge is -2.20. The van der Waals surface area contributed by atoms with Crippen LogP contribution >= 0.6 is 0 Å². The van der Waals surface area contributed by atoms with Crippen LogP contribution in [-0.4, -0.2) is 4.57 Å². The van der Waals surface area contributed by atoms with E-state index in [9.17, 15) is 4.79 Å². The number of rotatable bonds is 3. The fraction of sp³-hybridized carbons (Fsp3) is 0.389. The maximum atomic E-state index is 12.7. The number of benzene rings is 1. The second kappa shape index (κ2) is 5.86. The Morgan fingerprint density at radius 3 is 2.38 bits per heavy atom. The fourth-order valence-corrected chi connectivity index (χ4v) is 2.97. The van der Waals surface area contributed by atoms with Crippen LogP contribution in [0.1, 0.15) is 46.5 Å². The van der Waals surface area contributed by atoms with Crippen LogP contribution in [0, 0.1) is 27.7 Å². The van der Waals surface area contributed by atoms with Crippen LogP contribution in [0.25, 0.3) is 0 Å². The molecule has 2 aromatic rings. The third-order valence-electron chi connectivity index (χ3n) is 4.15. The molecule has 3 heteroatoms. The molecule has 0 radical (unpaired) electrons. The highest BCUT2D eigenvalue weighted by atomic mass is 16.1. The van der Waals surface area contributed by atoms with Crippen molar-refractivity contribution in [1.29, 1.82) is 0 Å². The molecule has 1 heterocycles. The highest BCUT2D eigenvalue weighted by Gasteiger charge is 2.19. The van der Waals surface area contributed by atoms with Crippen LogP contribution in [0.3, 0.4) is 0 Å². The quantitative estimate of drug-likeness (QED) is 0.941. The van der Waals surface area contributed by atoms with Gasteiger partial charge in [-0.3, -0.25) is 4.79 Å². The molecule has 1 atom stereocenters. The minimum absolute atomic E-state index is 0.0309. The van der Waals surface area contributed by atoms with Gasteiger partial charge in [-0.15, -0.1) is 0 Å². The van der Waals surface area contributed by atoms with Gasteiger partial charge in [-0.25, -0.2) is 0 Å². The summed E-state index contributed by atoms with van der Waals surface area (Å²) in [7, 11) is 0. The number of hydrogen-bond acceptors (Lipinski definition) is 2. The summed E-state index contributed by atoms with van der Waals surface area (Å²) in [5.41, 5.74) is 12.4. The molecule has 0 aliphatic rings. The van der Waals surface area contributed by atoms with Crippen molar-refractivity contribution >= 4 is 0 Å². The van der Waals surface area contributed by atoms with Gasteiger partial charge in [0.05, 0.1) is 6.04 Å². The second-order valence-corrected chi connectivity index (χ2v) is 5.77. The van der Waals surface area contributed by atoms with E-state index in [1.165, 1.54) is 0 Å². The first-order valence-electron chi connectivity index (χ1n) is 7.40. The van der Waals surface area contributed by atoms with Crippen LogP contribution in [0.4, 0.5) is 0 Å². The number of pyridine rings is 1. The summed E-state index contributed by atoms with van der Waals surface area (Å²) in [4.78, 5) is 12.7. The van der Waals surface area contributed by atoms with Gasteiger partial charge in [-0.05, 0) is 57.4 Å². The molecule has 1 unspecified atom stereocenters. The van der Waals surface area contributed by atoms with Crippen LogP contribution in [0.15, 0.2) is 29.1 Å². The summed E-state index contributed by atoms with van der Waals surface area (Å²) in [6, 6.07) is 7.88. The molecular formula is C18H24N2O. The summed E-state index contributed by atoms with van der Waals surface area (Å²) in [5.74, 6) is 0. The van der Waals surface area contributed by atoms with E-state index in [1.807, 2.05) is 40.7 Å². The van der Waals surface area contributed by atoms with Gasteiger partial charge in [-0.2, -0.15) is 0 Å². The lowest BCUT2D eigenvalue weighted by molar-refractivity contribution is 0.674. The van der Waals surface area contributed by atoms with E-state index >= 15 is 0 Å². The highest BCUT2D eigenvalue weighted by molar-refractivity contribution is 5.41. The first-order valence-corrected chi connectivity index (χ1v) is 7.40. The van der Waals surface area contributed by atoms with Crippen LogP contribution in [0.2, 0.25) is 0 Å². The number of nitrogens with zero attached hydrogens (tertiary/aromatic N) is 1. The van der Waals surface area contributed by atoms with E-state index in [0.717, 1.165) is 27.9 Å². The van der Waals surface area contributed by atoms with Gasteiger partial charge in [0, 0.05) is 17.8 Å². The molecule has 3 nitrogen and oxygen atoms in total. The molecule has 0 saturated carbocycles. The molecule has 0 fully saturated rings. The second-order valence-electron chi connectivity index (χ2n) is 5.77. The molecule has 112 valence electrons. The molecule has 0 amide bonds. The topological polar surface area (TPSA) is 48.0 Å². The zero-order valence-corrected chi connectivity index (χ0v) is 13.5. The van der Waals surface area contributed by atoms with Crippen molar-refractivity contribution in [2.75, 3.05) is 0 Å². The van der Waals surface area contributed by atoms with E-state index in [1.54, 1.807) is 4.57 Å². The molecule has 0 saturated heterocycles. The van der Waals surface area contributed by atoms with Gasteiger partial charge in [0.25, 0.3) is 5.56 Å². The van der Waals surface area contributed by atoms with Gasteiger partial charge in [0.15, 0.2) is 0 Å². The van der Waals surface area contributed by atoms with Crippen LogP contribution < -0.4 is 11.3 Å². The average Bonchev–Trinajstić information content (AvgIpc) is 2.41. The van der Waals surface area contributed by atoms with Gasteiger partial charge in [-0.1, -0.05) is 23.8 Å².